The summed E-state index contributed by atoms with van der Waals surface area (Å²) in [5, 5.41) is 0.262. The van der Waals surface area contributed by atoms with Crippen molar-refractivity contribution in [1.29, 1.82) is 0 Å². The van der Waals surface area contributed by atoms with E-state index in [9.17, 15) is 13.2 Å². The van der Waals surface area contributed by atoms with Crippen molar-refractivity contribution in [2.45, 2.75) is 18.7 Å². The summed E-state index contributed by atoms with van der Waals surface area (Å²) < 4.78 is 33.5. The van der Waals surface area contributed by atoms with Crippen molar-refractivity contribution in [2.75, 3.05) is 22.8 Å². The van der Waals surface area contributed by atoms with Gasteiger partial charge in [0.2, 0.25) is 5.91 Å². The van der Waals surface area contributed by atoms with Crippen LogP contribution in [0.25, 0.3) is 0 Å². The minimum Gasteiger partial charge on any atom is -0.489 e. The number of nitrogens with one attached hydrogen (secondary N) is 1. The maximum absolute atomic E-state index is 12.8. The van der Waals surface area contributed by atoms with Crippen molar-refractivity contribution < 1.29 is 17.9 Å². The summed E-state index contributed by atoms with van der Waals surface area (Å²) in [5.41, 5.74) is 1.60. The van der Waals surface area contributed by atoms with Crippen LogP contribution in [0.15, 0.2) is 35.2 Å². The number of aryl methyl sites for hydroxylation is 1. The van der Waals surface area contributed by atoms with Gasteiger partial charge in [-0.2, -0.15) is 0 Å². The zero-order valence-corrected chi connectivity index (χ0v) is 16.4. The lowest BCUT2D eigenvalue weighted by Gasteiger charge is -2.29. The van der Waals surface area contributed by atoms with Crippen LogP contribution in [0.1, 0.15) is 12.5 Å². The summed E-state index contributed by atoms with van der Waals surface area (Å²) in [6, 6.07) is 7.71. The number of hydrogen-bond acceptors (Lipinski definition) is 4. The van der Waals surface area contributed by atoms with Crippen LogP contribution in [-0.2, 0) is 14.8 Å². The minimum absolute atomic E-state index is 0.0174. The van der Waals surface area contributed by atoms with Crippen molar-refractivity contribution in [3.63, 3.8) is 0 Å². The quantitative estimate of drug-likeness (QED) is 0.827. The van der Waals surface area contributed by atoms with Gasteiger partial charge in [-0.15, -0.1) is 0 Å². The van der Waals surface area contributed by atoms with Gasteiger partial charge in [0, 0.05) is 13.0 Å². The fourth-order valence-electron chi connectivity index (χ4n) is 2.65. The SMILES string of the molecule is CC(=O)N1CCOc2cc(S(=O)(=O)Nc3ccc(C)cc3Cl)c(Cl)cc21. The van der Waals surface area contributed by atoms with E-state index in [1.807, 2.05) is 6.92 Å². The fraction of sp³-hybridized carbons (Fsp3) is 0.235. The van der Waals surface area contributed by atoms with Crippen LogP contribution in [0.5, 0.6) is 5.75 Å². The van der Waals surface area contributed by atoms with Crippen molar-refractivity contribution >= 4 is 50.5 Å². The first kappa shape index (κ1) is 18.8. The Labute approximate surface area is 161 Å². The van der Waals surface area contributed by atoms with Gasteiger partial charge in [-0.1, -0.05) is 29.3 Å². The lowest BCUT2D eigenvalue weighted by Crippen LogP contribution is -2.36. The third-order valence-electron chi connectivity index (χ3n) is 3.92. The second-order valence-corrected chi connectivity index (χ2v) is 8.32. The number of fused-ring (bicyclic) bond motifs is 1. The van der Waals surface area contributed by atoms with Gasteiger partial charge in [-0.05, 0) is 30.7 Å². The second-order valence-electron chi connectivity index (χ2n) is 5.86. The predicted molar refractivity (Wildman–Crippen MR) is 102 cm³/mol. The molecule has 2 aromatic carbocycles. The highest BCUT2D eigenvalue weighted by molar-refractivity contribution is 7.92. The average molecular weight is 415 g/mol. The molecule has 0 radical (unpaired) electrons. The zero-order valence-electron chi connectivity index (χ0n) is 14.0. The monoisotopic (exact) mass is 414 g/mol. The van der Waals surface area contributed by atoms with Gasteiger partial charge in [0.15, 0.2) is 0 Å². The minimum atomic E-state index is -4.00. The molecule has 2 aromatic rings. The molecule has 138 valence electrons. The van der Waals surface area contributed by atoms with E-state index in [4.69, 9.17) is 27.9 Å². The Hall–Kier alpha value is -1.96. The Balaban J connectivity index is 2.02. The molecule has 6 nitrogen and oxygen atoms in total. The maximum atomic E-state index is 12.8. The molecule has 0 saturated heterocycles. The Morgan fingerprint density at radius 3 is 2.58 bits per heavy atom. The Kier molecular flexibility index (Phi) is 5.05. The summed E-state index contributed by atoms with van der Waals surface area (Å²) in [4.78, 5) is 13.1. The van der Waals surface area contributed by atoms with E-state index in [1.54, 1.807) is 18.2 Å². The molecule has 1 heterocycles. The third kappa shape index (κ3) is 3.60. The molecule has 3 rings (SSSR count). The molecular weight excluding hydrogens is 399 g/mol. The number of carbonyl (C=O) groups is 1. The third-order valence-corrected chi connectivity index (χ3v) is 6.06. The largest absolute Gasteiger partial charge is 0.489 e. The maximum Gasteiger partial charge on any atom is 0.263 e. The molecule has 1 amide bonds. The van der Waals surface area contributed by atoms with Gasteiger partial charge in [-0.3, -0.25) is 9.52 Å². The second kappa shape index (κ2) is 6.98. The molecule has 0 unspecified atom stereocenters. The molecule has 0 aliphatic carbocycles. The van der Waals surface area contributed by atoms with Crippen LogP contribution in [0.4, 0.5) is 11.4 Å². The fourth-order valence-corrected chi connectivity index (χ4v) is 4.61. The van der Waals surface area contributed by atoms with Crippen LogP contribution >= 0.6 is 23.2 Å². The first-order valence-corrected chi connectivity index (χ1v) is 9.96. The number of amides is 1. The average Bonchev–Trinajstić information content (AvgIpc) is 2.56. The number of halogens is 2. The predicted octanol–water partition coefficient (Wildman–Crippen LogP) is 3.85. The van der Waals surface area contributed by atoms with Crippen LogP contribution in [0.3, 0.4) is 0 Å². The molecular formula is C17H16Cl2N2O4S. The van der Waals surface area contributed by atoms with Crippen molar-refractivity contribution in [2.24, 2.45) is 0 Å². The number of ether oxygens (including phenoxy) is 1. The normalized spacial score (nSPS) is 13.8. The first-order valence-electron chi connectivity index (χ1n) is 7.72. The highest BCUT2D eigenvalue weighted by Crippen LogP contribution is 2.39. The Bertz CT molecular complexity index is 992. The number of nitrogens with zero attached hydrogens (tertiary/aromatic N) is 1. The molecule has 1 N–H and O–H groups in total. The summed E-state index contributed by atoms with van der Waals surface area (Å²) >= 11 is 12.3. The van der Waals surface area contributed by atoms with Crippen molar-refractivity contribution in [3.05, 3.63) is 45.9 Å². The van der Waals surface area contributed by atoms with Crippen molar-refractivity contribution in [1.82, 2.24) is 0 Å². The van der Waals surface area contributed by atoms with Gasteiger partial charge in [0.25, 0.3) is 10.0 Å². The van der Waals surface area contributed by atoms with Gasteiger partial charge in [0.05, 0.1) is 28.0 Å². The Morgan fingerprint density at radius 2 is 1.92 bits per heavy atom. The molecule has 1 aliphatic rings. The molecule has 0 spiro atoms. The Morgan fingerprint density at radius 1 is 1.19 bits per heavy atom. The van der Waals surface area contributed by atoms with Crippen LogP contribution in [0.2, 0.25) is 10.0 Å². The van der Waals surface area contributed by atoms with E-state index in [2.05, 4.69) is 4.72 Å². The summed E-state index contributed by atoms with van der Waals surface area (Å²) in [6.45, 7) is 3.92. The van der Waals surface area contributed by atoms with Gasteiger partial charge < -0.3 is 9.64 Å². The zero-order chi connectivity index (χ0) is 19.1. The van der Waals surface area contributed by atoms with Gasteiger partial charge in [0.1, 0.15) is 17.3 Å². The van der Waals surface area contributed by atoms with Crippen LogP contribution in [0, 0.1) is 6.92 Å². The summed E-state index contributed by atoms with van der Waals surface area (Å²) in [7, 11) is -4.00. The summed E-state index contributed by atoms with van der Waals surface area (Å²) in [5.74, 6) is 0.108. The number of anilines is 2. The molecule has 0 atom stereocenters. The molecule has 9 heteroatoms. The van der Waals surface area contributed by atoms with Gasteiger partial charge >= 0.3 is 0 Å². The van der Waals surface area contributed by atoms with Gasteiger partial charge in [-0.25, -0.2) is 8.42 Å². The summed E-state index contributed by atoms with van der Waals surface area (Å²) in [6.07, 6.45) is 0. The molecule has 0 aromatic heterocycles. The lowest BCUT2D eigenvalue weighted by atomic mass is 10.2. The molecule has 0 saturated carbocycles. The van der Waals surface area contributed by atoms with E-state index < -0.39 is 10.0 Å². The molecule has 1 aliphatic heterocycles. The van der Waals surface area contributed by atoms with E-state index in [-0.39, 0.29) is 38.9 Å². The molecule has 26 heavy (non-hydrogen) atoms. The smallest absolute Gasteiger partial charge is 0.263 e. The highest BCUT2D eigenvalue weighted by Gasteiger charge is 2.27. The topological polar surface area (TPSA) is 75.7 Å². The van der Waals surface area contributed by atoms with Crippen LogP contribution in [-0.4, -0.2) is 27.5 Å². The number of sulfonamides is 1. The molecule has 0 fully saturated rings. The van der Waals surface area contributed by atoms with E-state index in [0.29, 0.717) is 12.2 Å². The first-order chi connectivity index (χ1) is 12.2. The number of benzene rings is 2. The molecule has 0 bridgehead atoms. The van der Waals surface area contributed by atoms with E-state index in [1.165, 1.54) is 24.0 Å². The highest BCUT2D eigenvalue weighted by atomic mass is 35.5. The van der Waals surface area contributed by atoms with Crippen molar-refractivity contribution in [3.8, 4) is 5.75 Å². The van der Waals surface area contributed by atoms with Crippen LogP contribution < -0.4 is 14.4 Å². The number of hydrogen-bond donors (Lipinski definition) is 1. The number of rotatable bonds is 3. The lowest BCUT2D eigenvalue weighted by molar-refractivity contribution is -0.116. The van der Waals surface area contributed by atoms with E-state index in [0.717, 1.165) is 5.56 Å². The number of carbonyl (C=O) groups excluding carboxylic acids is 1. The standard InChI is InChI=1S/C17H16Cl2N2O4S/c1-10-3-4-14(12(18)7-10)20-26(23,24)17-9-16-15(8-13(17)19)21(11(2)22)5-6-25-16/h3-4,7-9,20H,5-6H2,1-2H3. The van der Waals surface area contributed by atoms with E-state index >= 15 is 0 Å².